The molecule has 64 valence electrons. The van der Waals surface area contributed by atoms with Crippen molar-refractivity contribution in [2.24, 2.45) is 5.73 Å². The van der Waals surface area contributed by atoms with Gasteiger partial charge in [-0.05, 0) is 6.42 Å². The molecule has 0 heterocycles. The molecule has 0 aliphatic rings. The lowest BCUT2D eigenvalue weighted by atomic mass is 10.2. The van der Waals surface area contributed by atoms with Gasteiger partial charge in [-0.1, -0.05) is 0 Å². The molecule has 11 heavy (non-hydrogen) atoms. The Morgan fingerprint density at radius 1 is 1.64 bits per heavy atom. The second kappa shape index (κ2) is 4.68. The number of hydrogen-bond acceptors (Lipinski definition) is 5. The molecule has 0 saturated carbocycles. The van der Waals surface area contributed by atoms with Crippen molar-refractivity contribution in [1.29, 1.82) is 0 Å². The summed E-state index contributed by atoms with van der Waals surface area (Å²) >= 11 is 0. The lowest BCUT2D eigenvalue weighted by molar-refractivity contribution is -0.307. The minimum atomic E-state index is -1.35. The van der Waals surface area contributed by atoms with Crippen LogP contribution >= 0.6 is 0 Å². The first-order chi connectivity index (χ1) is 5.07. The summed E-state index contributed by atoms with van der Waals surface area (Å²) in [5.74, 6) is -1.82. The van der Waals surface area contributed by atoms with Gasteiger partial charge in [0.15, 0.2) is 0 Å². The predicted octanol–water partition coefficient (Wildman–Crippen LogP) is -1.98. The summed E-state index contributed by atoms with van der Waals surface area (Å²) in [6.07, 6.45) is 0.0562. The second-order valence-corrected chi connectivity index (χ2v) is 2.04. The van der Waals surface area contributed by atoms with Crippen LogP contribution < -0.4 is 10.8 Å². The monoisotopic (exact) mass is 160 g/mol. The van der Waals surface area contributed by atoms with E-state index in [1.54, 1.807) is 0 Å². The molecule has 0 aliphatic carbocycles. The zero-order valence-electron chi connectivity index (χ0n) is 6.20. The van der Waals surface area contributed by atoms with Crippen LogP contribution in [0, 0.1) is 0 Å². The van der Waals surface area contributed by atoms with E-state index in [1.807, 2.05) is 0 Å². The van der Waals surface area contributed by atoms with Gasteiger partial charge in [-0.25, -0.2) is 0 Å². The number of carbonyl (C=O) groups is 2. The van der Waals surface area contributed by atoms with E-state index in [-0.39, 0.29) is 12.8 Å². The van der Waals surface area contributed by atoms with Crippen molar-refractivity contribution in [3.8, 4) is 0 Å². The minimum absolute atomic E-state index is 0.00560. The zero-order valence-corrected chi connectivity index (χ0v) is 6.20. The fourth-order valence-corrected chi connectivity index (χ4v) is 0.493. The molecule has 0 radical (unpaired) electrons. The first-order valence-electron chi connectivity index (χ1n) is 3.11. The molecular formula is C6H10NO4-. The standard InChI is InChI=1S/C6H11NO4/c1-11-5(8)3-2-4(7)6(9)10/h4H,2-3,7H2,1H3,(H,9,10)/p-1/t4-/m0/s1. The molecule has 0 fully saturated rings. The van der Waals surface area contributed by atoms with Crippen LogP contribution in [0.3, 0.4) is 0 Å². The summed E-state index contributed by atoms with van der Waals surface area (Å²) in [5.41, 5.74) is 5.05. The van der Waals surface area contributed by atoms with Gasteiger partial charge < -0.3 is 20.4 Å². The molecule has 0 bridgehead atoms. The lowest BCUT2D eigenvalue weighted by Gasteiger charge is -2.10. The van der Waals surface area contributed by atoms with Gasteiger partial charge in [-0.15, -0.1) is 0 Å². The van der Waals surface area contributed by atoms with E-state index in [0.29, 0.717) is 0 Å². The van der Waals surface area contributed by atoms with Gasteiger partial charge >= 0.3 is 5.97 Å². The first-order valence-corrected chi connectivity index (χ1v) is 3.11. The molecule has 0 unspecified atom stereocenters. The van der Waals surface area contributed by atoms with E-state index in [4.69, 9.17) is 5.73 Å². The van der Waals surface area contributed by atoms with Gasteiger partial charge in [0.1, 0.15) is 0 Å². The number of carbonyl (C=O) groups excluding carboxylic acids is 2. The number of hydrogen-bond donors (Lipinski definition) is 1. The molecule has 5 nitrogen and oxygen atoms in total. The maximum atomic E-state index is 10.4. The molecule has 1 atom stereocenters. The van der Waals surface area contributed by atoms with E-state index >= 15 is 0 Å². The lowest BCUT2D eigenvalue weighted by Crippen LogP contribution is -2.42. The highest BCUT2D eigenvalue weighted by Crippen LogP contribution is 1.94. The molecule has 0 aliphatic heterocycles. The van der Waals surface area contributed by atoms with Crippen molar-refractivity contribution in [2.45, 2.75) is 18.9 Å². The number of carboxylic acid groups (broad SMARTS) is 1. The van der Waals surface area contributed by atoms with E-state index in [0.717, 1.165) is 0 Å². The third-order valence-electron chi connectivity index (χ3n) is 1.19. The van der Waals surface area contributed by atoms with Crippen LogP contribution in [-0.4, -0.2) is 25.1 Å². The molecule has 0 aromatic carbocycles. The Balaban J connectivity index is 3.54. The Morgan fingerprint density at radius 2 is 2.18 bits per heavy atom. The van der Waals surface area contributed by atoms with Crippen molar-refractivity contribution in [1.82, 2.24) is 0 Å². The summed E-state index contributed by atoms with van der Waals surface area (Å²) in [7, 11) is 1.23. The highest BCUT2D eigenvalue weighted by Gasteiger charge is 2.06. The Bertz CT molecular complexity index is 157. The molecule has 0 saturated heterocycles. The van der Waals surface area contributed by atoms with Gasteiger partial charge in [0.2, 0.25) is 0 Å². The normalized spacial score (nSPS) is 12.2. The molecule has 0 rings (SSSR count). The summed E-state index contributed by atoms with van der Waals surface area (Å²) in [6.45, 7) is 0. The maximum absolute atomic E-state index is 10.4. The van der Waals surface area contributed by atoms with Gasteiger partial charge in [0.25, 0.3) is 0 Å². The van der Waals surface area contributed by atoms with Crippen LogP contribution in [0.5, 0.6) is 0 Å². The van der Waals surface area contributed by atoms with E-state index in [2.05, 4.69) is 4.74 Å². The Labute approximate surface area is 64.1 Å². The van der Waals surface area contributed by atoms with E-state index in [9.17, 15) is 14.7 Å². The van der Waals surface area contributed by atoms with Crippen LogP contribution in [-0.2, 0) is 14.3 Å². The van der Waals surface area contributed by atoms with Gasteiger partial charge in [0.05, 0.1) is 13.1 Å². The SMILES string of the molecule is COC(=O)CC[C@H](N)C(=O)[O-]. The van der Waals surface area contributed by atoms with E-state index < -0.39 is 18.0 Å². The number of rotatable bonds is 4. The number of methoxy groups -OCH3 is 1. The van der Waals surface area contributed by atoms with Crippen LogP contribution in [0.4, 0.5) is 0 Å². The van der Waals surface area contributed by atoms with Gasteiger partial charge in [-0.2, -0.15) is 0 Å². The Hall–Kier alpha value is -1.10. The number of ether oxygens (including phenoxy) is 1. The van der Waals surface area contributed by atoms with Gasteiger partial charge in [0, 0.05) is 12.5 Å². The van der Waals surface area contributed by atoms with Gasteiger partial charge in [-0.3, -0.25) is 4.79 Å². The van der Waals surface area contributed by atoms with Crippen LogP contribution in [0.1, 0.15) is 12.8 Å². The molecule has 2 N–H and O–H groups in total. The highest BCUT2D eigenvalue weighted by molar-refractivity contribution is 5.73. The molecular weight excluding hydrogens is 150 g/mol. The average Bonchev–Trinajstić information content (AvgIpc) is 1.99. The third kappa shape index (κ3) is 4.32. The maximum Gasteiger partial charge on any atom is 0.305 e. The molecule has 0 aromatic heterocycles. The number of carboxylic acids is 1. The fraction of sp³-hybridized carbons (Fsp3) is 0.667. The number of nitrogens with two attached hydrogens (primary N) is 1. The van der Waals surface area contributed by atoms with Crippen molar-refractivity contribution < 1.29 is 19.4 Å². The van der Waals surface area contributed by atoms with Crippen LogP contribution in [0.2, 0.25) is 0 Å². The highest BCUT2D eigenvalue weighted by atomic mass is 16.5. The molecule has 0 aromatic rings. The average molecular weight is 160 g/mol. The number of esters is 1. The first kappa shape index (κ1) is 9.90. The zero-order chi connectivity index (χ0) is 8.85. The molecule has 0 amide bonds. The third-order valence-corrected chi connectivity index (χ3v) is 1.19. The van der Waals surface area contributed by atoms with Crippen molar-refractivity contribution in [3.05, 3.63) is 0 Å². The topological polar surface area (TPSA) is 92.5 Å². The second-order valence-electron chi connectivity index (χ2n) is 2.04. The Morgan fingerprint density at radius 3 is 2.55 bits per heavy atom. The van der Waals surface area contributed by atoms with Crippen LogP contribution in [0.25, 0.3) is 0 Å². The van der Waals surface area contributed by atoms with Crippen LogP contribution in [0.15, 0.2) is 0 Å². The summed E-state index contributed by atoms with van der Waals surface area (Å²) in [5, 5.41) is 10.0. The Kier molecular flexibility index (Phi) is 4.21. The predicted molar refractivity (Wildman–Crippen MR) is 34.2 cm³/mol. The summed E-state index contributed by atoms with van der Waals surface area (Å²) < 4.78 is 4.27. The quantitative estimate of drug-likeness (QED) is 0.481. The summed E-state index contributed by atoms with van der Waals surface area (Å²) in [4.78, 5) is 20.5. The van der Waals surface area contributed by atoms with Crippen molar-refractivity contribution in [3.63, 3.8) is 0 Å². The number of aliphatic carboxylic acids is 1. The molecule has 0 spiro atoms. The fourth-order valence-electron chi connectivity index (χ4n) is 0.493. The van der Waals surface area contributed by atoms with E-state index in [1.165, 1.54) is 7.11 Å². The molecule has 5 heteroatoms. The smallest absolute Gasteiger partial charge is 0.305 e. The minimum Gasteiger partial charge on any atom is -0.548 e. The summed E-state index contributed by atoms with van der Waals surface area (Å²) in [6, 6.07) is -1.09. The van der Waals surface area contributed by atoms with Crippen molar-refractivity contribution in [2.75, 3.05) is 7.11 Å². The largest absolute Gasteiger partial charge is 0.548 e. The van der Waals surface area contributed by atoms with Crippen molar-refractivity contribution >= 4 is 11.9 Å².